The number of morpholine rings is 1. The van der Waals surface area contributed by atoms with E-state index in [4.69, 9.17) is 4.74 Å². The lowest BCUT2D eigenvalue weighted by atomic mass is 10.2. The maximum Gasteiger partial charge on any atom is 0.191 e. The van der Waals surface area contributed by atoms with Gasteiger partial charge in [-0.25, -0.2) is 9.38 Å². The molecule has 5 nitrogen and oxygen atoms in total. The van der Waals surface area contributed by atoms with Crippen molar-refractivity contribution in [3.63, 3.8) is 0 Å². The predicted molar refractivity (Wildman–Crippen MR) is 123 cm³/mol. The highest BCUT2D eigenvalue weighted by Crippen LogP contribution is 2.17. The molecule has 152 valence electrons. The average Bonchev–Trinajstić information content (AvgIpc) is 2.72. The molecular weight excluding hydrogens is 470 g/mol. The molecule has 0 atom stereocenters. The molecule has 0 spiro atoms. The van der Waals surface area contributed by atoms with Crippen molar-refractivity contribution in [3.8, 4) is 0 Å². The standard InChI is InChI=1S/C21H27FN4O.HI/c1-2-23-21(25-16-18-5-3-4-6-20(18)22)24-15-17-7-9-19(10-8-17)26-11-13-27-14-12-26;/h3-10H,2,11-16H2,1H3,(H2,23,24,25);1H. The van der Waals surface area contributed by atoms with E-state index < -0.39 is 0 Å². The summed E-state index contributed by atoms with van der Waals surface area (Å²) in [5, 5.41) is 6.39. The summed E-state index contributed by atoms with van der Waals surface area (Å²) in [6.45, 7) is 7.16. The van der Waals surface area contributed by atoms with Crippen LogP contribution in [0.5, 0.6) is 0 Å². The lowest BCUT2D eigenvalue weighted by molar-refractivity contribution is 0.122. The van der Waals surface area contributed by atoms with Gasteiger partial charge in [-0.1, -0.05) is 30.3 Å². The SMILES string of the molecule is CCNC(=NCc1ccc(N2CCOCC2)cc1)NCc1ccccc1F.I. The number of hydrogen-bond donors (Lipinski definition) is 2. The summed E-state index contributed by atoms with van der Waals surface area (Å²) >= 11 is 0. The van der Waals surface area contributed by atoms with E-state index >= 15 is 0 Å². The van der Waals surface area contributed by atoms with Crippen molar-refractivity contribution >= 4 is 35.6 Å². The third kappa shape index (κ3) is 6.63. The van der Waals surface area contributed by atoms with Crippen LogP contribution in [0.15, 0.2) is 53.5 Å². The molecule has 0 saturated carbocycles. The minimum Gasteiger partial charge on any atom is -0.378 e. The highest BCUT2D eigenvalue weighted by Gasteiger charge is 2.10. The second-order valence-corrected chi connectivity index (χ2v) is 6.41. The van der Waals surface area contributed by atoms with Crippen molar-refractivity contribution < 1.29 is 9.13 Å². The molecule has 0 aliphatic carbocycles. The van der Waals surface area contributed by atoms with Gasteiger partial charge in [0.25, 0.3) is 0 Å². The first-order valence-corrected chi connectivity index (χ1v) is 9.43. The molecule has 0 aromatic heterocycles. The quantitative estimate of drug-likeness (QED) is 0.364. The zero-order valence-electron chi connectivity index (χ0n) is 16.2. The Balaban J connectivity index is 0.00000280. The summed E-state index contributed by atoms with van der Waals surface area (Å²) < 4.78 is 19.2. The number of halogens is 2. The average molecular weight is 498 g/mol. The van der Waals surface area contributed by atoms with Crippen LogP contribution in [0.4, 0.5) is 10.1 Å². The summed E-state index contributed by atoms with van der Waals surface area (Å²) in [7, 11) is 0. The van der Waals surface area contributed by atoms with Gasteiger partial charge in [-0.2, -0.15) is 0 Å². The molecule has 2 aromatic carbocycles. The van der Waals surface area contributed by atoms with E-state index in [1.165, 1.54) is 11.8 Å². The molecule has 1 fully saturated rings. The summed E-state index contributed by atoms with van der Waals surface area (Å²) in [6.07, 6.45) is 0. The lowest BCUT2D eigenvalue weighted by Crippen LogP contribution is -2.37. The fourth-order valence-corrected chi connectivity index (χ4v) is 2.97. The van der Waals surface area contributed by atoms with Gasteiger partial charge < -0.3 is 20.3 Å². The smallest absolute Gasteiger partial charge is 0.191 e. The Bertz CT molecular complexity index is 748. The van der Waals surface area contributed by atoms with Crippen molar-refractivity contribution in [2.45, 2.75) is 20.0 Å². The van der Waals surface area contributed by atoms with Crippen molar-refractivity contribution in [3.05, 3.63) is 65.5 Å². The minimum atomic E-state index is -0.209. The van der Waals surface area contributed by atoms with Gasteiger partial charge in [0, 0.05) is 37.4 Å². The second kappa shape index (κ2) is 11.9. The number of nitrogens with one attached hydrogen (secondary N) is 2. The topological polar surface area (TPSA) is 48.9 Å². The van der Waals surface area contributed by atoms with Crippen LogP contribution in [0.3, 0.4) is 0 Å². The molecule has 0 radical (unpaired) electrons. The third-order valence-electron chi connectivity index (χ3n) is 4.48. The van der Waals surface area contributed by atoms with Gasteiger partial charge in [0.2, 0.25) is 0 Å². The summed E-state index contributed by atoms with van der Waals surface area (Å²) in [4.78, 5) is 6.94. The molecule has 7 heteroatoms. The van der Waals surface area contributed by atoms with Gasteiger partial charge in [-0.3, -0.25) is 0 Å². The van der Waals surface area contributed by atoms with Crippen molar-refractivity contribution in [1.82, 2.24) is 10.6 Å². The molecule has 28 heavy (non-hydrogen) atoms. The molecule has 0 unspecified atom stereocenters. The van der Waals surface area contributed by atoms with Gasteiger partial charge in [0.15, 0.2) is 5.96 Å². The van der Waals surface area contributed by atoms with E-state index in [-0.39, 0.29) is 29.8 Å². The van der Waals surface area contributed by atoms with E-state index in [1.54, 1.807) is 12.1 Å². The van der Waals surface area contributed by atoms with E-state index in [1.807, 2.05) is 13.0 Å². The Morgan fingerprint density at radius 1 is 1.07 bits per heavy atom. The monoisotopic (exact) mass is 498 g/mol. The molecule has 2 aromatic rings. The minimum absolute atomic E-state index is 0. The Morgan fingerprint density at radius 2 is 1.79 bits per heavy atom. The van der Waals surface area contributed by atoms with Crippen LogP contribution in [0, 0.1) is 5.82 Å². The largest absolute Gasteiger partial charge is 0.378 e. The van der Waals surface area contributed by atoms with Gasteiger partial charge in [-0.05, 0) is 30.7 Å². The van der Waals surface area contributed by atoms with Gasteiger partial charge in [-0.15, -0.1) is 24.0 Å². The number of rotatable bonds is 6. The van der Waals surface area contributed by atoms with Crippen LogP contribution >= 0.6 is 24.0 Å². The first-order chi connectivity index (χ1) is 13.3. The number of benzene rings is 2. The Kier molecular flexibility index (Phi) is 9.49. The maximum absolute atomic E-state index is 13.8. The molecule has 0 amide bonds. The third-order valence-corrected chi connectivity index (χ3v) is 4.48. The van der Waals surface area contributed by atoms with Crippen LogP contribution < -0.4 is 15.5 Å². The number of guanidine groups is 1. The van der Waals surface area contributed by atoms with Gasteiger partial charge in [0.05, 0.1) is 19.8 Å². The normalized spacial score (nSPS) is 14.4. The van der Waals surface area contributed by atoms with Crippen molar-refractivity contribution in [1.29, 1.82) is 0 Å². The van der Waals surface area contributed by atoms with E-state index in [0.29, 0.717) is 24.6 Å². The Hall–Kier alpha value is -1.87. The van der Waals surface area contributed by atoms with Crippen molar-refractivity contribution in [2.24, 2.45) is 4.99 Å². The summed E-state index contributed by atoms with van der Waals surface area (Å²) in [6, 6.07) is 15.3. The molecule has 1 heterocycles. The molecule has 3 rings (SSSR count). The summed E-state index contributed by atoms with van der Waals surface area (Å²) in [5.74, 6) is 0.470. The first kappa shape index (κ1) is 22.4. The number of aliphatic imine (C=N–C) groups is 1. The fraction of sp³-hybridized carbons (Fsp3) is 0.381. The van der Waals surface area contributed by atoms with Crippen LogP contribution in [0.25, 0.3) is 0 Å². The number of nitrogens with zero attached hydrogens (tertiary/aromatic N) is 2. The molecule has 2 N–H and O–H groups in total. The van der Waals surface area contributed by atoms with Crippen LogP contribution in [0.1, 0.15) is 18.1 Å². The fourth-order valence-electron chi connectivity index (χ4n) is 2.97. The molecular formula is C21H28FIN4O. The number of hydrogen-bond acceptors (Lipinski definition) is 3. The maximum atomic E-state index is 13.8. The highest BCUT2D eigenvalue weighted by atomic mass is 127. The lowest BCUT2D eigenvalue weighted by Gasteiger charge is -2.28. The predicted octanol–water partition coefficient (Wildman–Crippen LogP) is 3.54. The van der Waals surface area contributed by atoms with Crippen LogP contribution in [-0.2, 0) is 17.8 Å². The molecule has 1 aliphatic rings. The zero-order valence-corrected chi connectivity index (χ0v) is 18.5. The van der Waals surface area contributed by atoms with Gasteiger partial charge in [0.1, 0.15) is 5.82 Å². The Morgan fingerprint density at radius 3 is 2.46 bits per heavy atom. The number of ether oxygens (including phenoxy) is 1. The van der Waals surface area contributed by atoms with Gasteiger partial charge >= 0.3 is 0 Å². The summed E-state index contributed by atoms with van der Waals surface area (Å²) in [5.41, 5.74) is 2.98. The van der Waals surface area contributed by atoms with Crippen molar-refractivity contribution in [2.75, 3.05) is 37.7 Å². The van der Waals surface area contributed by atoms with Crippen LogP contribution in [0.2, 0.25) is 0 Å². The number of anilines is 1. The molecule has 0 bridgehead atoms. The molecule has 1 saturated heterocycles. The second-order valence-electron chi connectivity index (χ2n) is 6.41. The Labute approximate surface area is 183 Å². The van der Waals surface area contributed by atoms with Crippen LogP contribution in [-0.4, -0.2) is 38.8 Å². The van der Waals surface area contributed by atoms with E-state index in [9.17, 15) is 4.39 Å². The van der Waals surface area contributed by atoms with E-state index in [2.05, 4.69) is 44.8 Å². The first-order valence-electron chi connectivity index (χ1n) is 9.43. The zero-order chi connectivity index (χ0) is 18.9. The highest BCUT2D eigenvalue weighted by molar-refractivity contribution is 14.0. The van der Waals surface area contributed by atoms with E-state index in [0.717, 1.165) is 38.4 Å². The molecule has 1 aliphatic heterocycles.